The molecule has 1 aromatic carbocycles. The van der Waals surface area contributed by atoms with Crippen molar-refractivity contribution in [2.24, 2.45) is 0 Å². The summed E-state index contributed by atoms with van der Waals surface area (Å²) in [6.07, 6.45) is 1.74. The van der Waals surface area contributed by atoms with E-state index in [1.54, 1.807) is 36.3 Å². The number of carbonyl (C=O) groups is 2. The Bertz CT molecular complexity index is 915. The average molecular weight is 350 g/mol. The second-order valence-corrected chi connectivity index (χ2v) is 7.58. The van der Waals surface area contributed by atoms with Gasteiger partial charge in [-0.15, -0.1) is 0 Å². The first kappa shape index (κ1) is 17.7. The SMILES string of the molecule is CN1CC(C(=O)Nc2cc(C#N)cn2C(C)(C)C)c2ccccc2C1=O. The molecule has 0 saturated heterocycles. The van der Waals surface area contributed by atoms with Gasteiger partial charge in [0.15, 0.2) is 0 Å². The first-order valence-corrected chi connectivity index (χ1v) is 8.50. The van der Waals surface area contributed by atoms with Crippen LogP contribution in [0.1, 0.15) is 48.2 Å². The number of carbonyl (C=O) groups excluding carboxylic acids is 2. The van der Waals surface area contributed by atoms with Crippen LogP contribution in [0.2, 0.25) is 0 Å². The van der Waals surface area contributed by atoms with Crippen molar-refractivity contribution in [3.05, 3.63) is 53.2 Å². The summed E-state index contributed by atoms with van der Waals surface area (Å²) in [5.41, 5.74) is 1.51. The zero-order chi connectivity index (χ0) is 19.1. The van der Waals surface area contributed by atoms with E-state index in [9.17, 15) is 14.9 Å². The number of nitrogens with one attached hydrogen (secondary N) is 1. The number of anilines is 1. The summed E-state index contributed by atoms with van der Waals surface area (Å²) in [4.78, 5) is 26.9. The number of likely N-dealkylation sites (N-methyl/N-ethyl adjacent to an activating group) is 1. The zero-order valence-electron chi connectivity index (χ0n) is 15.4. The quantitative estimate of drug-likeness (QED) is 0.904. The highest BCUT2D eigenvalue weighted by atomic mass is 16.2. The van der Waals surface area contributed by atoms with Crippen LogP contribution in [0.25, 0.3) is 0 Å². The summed E-state index contributed by atoms with van der Waals surface area (Å²) < 4.78 is 1.88. The van der Waals surface area contributed by atoms with Crippen LogP contribution in [0, 0.1) is 11.3 Å². The van der Waals surface area contributed by atoms with Crippen LogP contribution in [-0.4, -0.2) is 34.9 Å². The van der Waals surface area contributed by atoms with Crippen molar-refractivity contribution in [3.63, 3.8) is 0 Å². The van der Waals surface area contributed by atoms with Gasteiger partial charge in [-0.2, -0.15) is 5.26 Å². The van der Waals surface area contributed by atoms with Crippen LogP contribution in [-0.2, 0) is 10.3 Å². The third-order valence-electron chi connectivity index (χ3n) is 4.61. The number of benzene rings is 1. The third-order valence-corrected chi connectivity index (χ3v) is 4.61. The molecular formula is C20H22N4O2. The van der Waals surface area contributed by atoms with Crippen molar-refractivity contribution >= 4 is 17.6 Å². The fraction of sp³-hybridized carbons (Fsp3) is 0.350. The smallest absolute Gasteiger partial charge is 0.253 e. The molecule has 6 nitrogen and oxygen atoms in total. The molecule has 1 atom stereocenters. The fourth-order valence-corrected chi connectivity index (χ4v) is 3.27. The van der Waals surface area contributed by atoms with E-state index in [4.69, 9.17) is 0 Å². The standard InChI is InChI=1S/C20H22N4O2/c1-20(2,3)24-11-13(10-21)9-17(24)22-18(25)16-12-23(4)19(26)15-8-6-5-7-14(15)16/h5-9,11,16H,12H2,1-4H3,(H,22,25). The van der Waals surface area contributed by atoms with Gasteiger partial charge in [-0.3, -0.25) is 9.59 Å². The van der Waals surface area contributed by atoms with Gasteiger partial charge in [-0.1, -0.05) is 18.2 Å². The Labute approximate surface area is 153 Å². The van der Waals surface area contributed by atoms with E-state index in [0.717, 1.165) is 5.56 Å². The molecule has 0 saturated carbocycles. The number of nitrogens with zero attached hydrogens (tertiary/aromatic N) is 3. The number of rotatable bonds is 2. The van der Waals surface area contributed by atoms with E-state index < -0.39 is 5.92 Å². The molecule has 0 spiro atoms. The molecule has 3 rings (SSSR count). The highest BCUT2D eigenvalue weighted by Gasteiger charge is 2.34. The molecule has 2 aromatic rings. The lowest BCUT2D eigenvalue weighted by molar-refractivity contribution is -0.118. The van der Waals surface area contributed by atoms with Crippen LogP contribution in [0.15, 0.2) is 36.5 Å². The summed E-state index contributed by atoms with van der Waals surface area (Å²) in [6, 6.07) is 11.0. The minimum atomic E-state index is -0.456. The number of nitriles is 1. The second kappa shape index (κ2) is 6.34. The zero-order valence-corrected chi connectivity index (χ0v) is 15.4. The van der Waals surface area contributed by atoms with Crippen LogP contribution in [0.5, 0.6) is 0 Å². The Morgan fingerprint density at radius 2 is 2.00 bits per heavy atom. The van der Waals surface area contributed by atoms with Gasteiger partial charge in [0, 0.05) is 30.9 Å². The molecule has 1 N–H and O–H groups in total. The monoisotopic (exact) mass is 350 g/mol. The predicted molar refractivity (Wildman–Crippen MR) is 98.9 cm³/mol. The highest BCUT2D eigenvalue weighted by molar-refractivity contribution is 6.03. The molecule has 6 heteroatoms. The summed E-state index contributed by atoms with van der Waals surface area (Å²) in [5.74, 6) is -0.141. The van der Waals surface area contributed by atoms with E-state index in [1.807, 2.05) is 37.5 Å². The largest absolute Gasteiger partial charge is 0.341 e. The minimum absolute atomic E-state index is 0.0746. The van der Waals surface area contributed by atoms with Gasteiger partial charge >= 0.3 is 0 Å². The Kier molecular flexibility index (Phi) is 4.33. The summed E-state index contributed by atoms with van der Waals surface area (Å²) in [5, 5.41) is 12.2. The molecular weight excluding hydrogens is 328 g/mol. The highest BCUT2D eigenvalue weighted by Crippen LogP contribution is 2.30. The fourth-order valence-electron chi connectivity index (χ4n) is 3.27. The maximum atomic E-state index is 13.0. The number of aromatic nitrogens is 1. The number of hydrogen-bond acceptors (Lipinski definition) is 3. The normalized spacial score (nSPS) is 16.8. The van der Waals surface area contributed by atoms with Gasteiger partial charge in [0.2, 0.25) is 5.91 Å². The predicted octanol–water partition coefficient (Wildman–Crippen LogP) is 2.92. The van der Waals surface area contributed by atoms with Gasteiger partial charge in [-0.05, 0) is 38.5 Å². The first-order chi connectivity index (χ1) is 12.2. The van der Waals surface area contributed by atoms with E-state index in [1.165, 1.54) is 0 Å². The molecule has 26 heavy (non-hydrogen) atoms. The maximum Gasteiger partial charge on any atom is 0.253 e. The van der Waals surface area contributed by atoms with E-state index in [0.29, 0.717) is 23.5 Å². The van der Waals surface area contributed by atoms with Crippen molar-refractivity contribution in [2.45, 2.75) is 32.2 Å². The van der Waals surface area contributed by atoms with E-state index >= 15 is 0 Å². The second-order valence-electron chi connectivity index (χ2n) is 7.58. The van der Waals surface area contributed by atoms with Crippen molar-refractivity contribution < 1.29 is 9.59 Å². The van der Waals surface area contributed by atoms with Gasteiger partial charge in [-0.25, -0.2) is 0 Å². The maximum absolute atomic E-state index is 13.0. The lowest BCUT2D eigenvalue weighted by atomic mass is 9.89. The van der Waals surface area contributed by atoms with E-state index in [-0.39, 0.29) is 17.4 Å². The van der Waals surface area contributed by atoms with Crippen LogP contribution in [0.3, 0.4) is 0 Å². The van der Waals surface area contributed by atoms with Crippen molar-refractivity contribution in [2.75, 3.05) is 18.9 Å². The Hall–Kier alpha value is -3.07. The van der Waals surface area contributed by atoms with Crippen LogP contribution >= 0.6 is 0 Å². The summed E-state index contributed by atoms with van der Waals surface area (Å²) >= 11 is 0. The molecule has 0 bridgehead atoms. The van der Waals surface area contributed by atoms with Crippen molar-refractivity contribution in [3.8, 4) is 6.07 Å². The molecule has 2 amide bonds. The molecule has 1 unspecified atom stereocenters. The molecule has 0 fully saturated rings. The molecule has 2 heterocycles. The molecule has 1 aliphatic rings. The molecule has 0 aliphatic carbocycles. The van der Waals surface area contributed by atoms with E-state index in [2.05, 4.69) is 11.4 Å². The Morgan fingerprint density at radius 1 is 1.31 bits per heavy atom. The van der Waals surface area contributed by atoms with Gasteiger partial charge < -0.3 is 14.8 Å². The first-order valence-electron chi connectivity index (χ1n) is 8.50. The lowest BCUT2D eigenvalue weighted by Crippen LogP contribution is -2.41. The topological polar surface area (TPSA) is 78.1 Å². The molecule has 0 radical (unpaired) electrons. The van der Waals surface area contributed by atoms with Crippen molar-refractivity contribution in [1.29, 1.82) is 5.26 Å². The third kappa shape index (κ3) is 3.08. The van der Waals surface area contributed by atoms with Gasteiger partial charge in [0.1, 0.15) is 11.9 Å². The Balaban J connectivity index is 1.95. The van der Waals surface area contributed by atoms with Gasteiger partial charge in [0.25, 0.3) is 5.91 Å². The number of amides is 2. The molecule has 1 aromatic heterocycles. The van der Waals surface area contributed by atoms with Crippen LogP contribution < -0.4 is 5.32 Å². The summed E-state index contributed by atoms with van der Waals surface area (Å²) in [6.45, 7) is 6.34. The Morgan fingerprint density at radius 3 is 2.65 bits per heavy atom. The summed E-state index contributed by atoms with van der Waals surface area (Å²) in [7, 11) is 1.70. The number of hydrogen-bond donors (Lipinski definition) is 1. The lowest BCUT2D eigenvalue weighted by Gasteiger charge is -2.31. The number of fused-ring (bicyclic) bond motifs is 1. The minimum Gasteiger partial charge on any atom is -0.341 e. The van der Waals surface area contributed by atoms with Crippen molar-refractivity contribution in [1.82, 2.24) is 9.47 Å². The molecule has 134 valence electrons. The van der Waals surface area contributed by atoms with Crippen LogP contribution in [0.4, 0.5) is 5.82 Å². The average Bonchev–Trinajstić information content (AvgIpc) is 3.01. The van der Waals surface area contributed by atoms with Gasteiger partial charge in [0.05, 0.1) is 11.5 Å². The molecule has 1 aliphatic heterocycles.